The molecular weight excluding hydrogens is 423 g/mol. The van der Waals surface area contributed by atoms with Crippen LogP contribution in [0.15, 0.2) is 84.9 Å². The number of fused-ring (bicyclic) bond motifs is 1. The lowest BCUT2D eigenvalue weighted by Gasteiger charge is -2.28. The van der Waals surface area contributed by atoms with Crippen LogP contribution < -0.4 is 0 Å². The fourth-order valence-corrected chi connectivity index (χ4v) is 3.94. The standard InChI is InChI=1S/C22H15IO2/c23-19-17-13-7-8-14-18(17)22(20(24)15-9-3-1-4-10-15)25-21(19)16-11-5-2-6-12-16/h1-14,22H. The zero-order valence-electron chi connectivity index (χ0n) is 13.4. The van der Waals surface area contributed by atoms with Crippen molar-refractivity contribution in [3.8, 4) is 0 Å². The molecule has 1 aliphatic rings. The summed E-state index contributed by atoms with van der Waals surface area (Å²) in [5.74, 6) is 0.736. The number of ether oxygens (including phenoxy) is 1. The molecule has 4 rings (SSSR count). The van der Waals surface area contributed by atoms with Crippen molar-refractivity contribution in [1.29, 1.82) is 0 Å². The van der Waals surface area contributed by atoms with Crippen LogP contribution in [-0.4, -0.2) is 5.78 Å². The lowest BCUT2D eigenvalue weighted by Crippen LogP contribution is -2.20. The van der Waals surface area contributed by atoms with Gasteiger partial charge in [-0.15, -0.1) is 0 Å². The summed E-state index contributed by atoms with van der Waals surface area (Å²) in [5, 5.41) is 0. The van der Waals surface area contributed by atoms with E-state index in [1.54, 1.807) is 0 Å². The van der Waals surface area contributed by atoms with Crippen LogP contribution >= 0.6 is 22.6 Å². The quantitative estimate of drug-likeness (QED) is 0.376. The first-order chi connectivity index (χ1) is 12.3. The van der Waals surface area contributed by atoms with Gasteiger partial charge in [-0.2, -0.15) is 0 Å². The molecule has 2 nitrogen and oxygen atoms in total. The van der Waals surface area contributed by atoms with Crippen molar-refractivity contribution in [2.24, 2.45) is 0 Å². The molecule has 0 N–H and O–H groups in total. The molecule has 0 spiro atoms. The third-order valence-electron chi connectivity index (χ3n) is 4.25. The number of rotatable bonds is 3. The van der Waals surface area contributed by atoms with E-state index in [-0.39, 0.29) is 5.78 Å². The van der Waals surface area contributed by atoms with Gasteiger partial charge in [0.05, 0.1) is 3.58 Å². The van der Waals surface area contributed by atoms with Crippen LogP contribution in [0.1, 0.15) is 33.2 Å². The fourth-order valence-electron chi connectivity index (χ4n) is 3.01. The van der Waals surface area contributed by atoms with E-state index in [1.165, 1.54) is 0 Å². The van der Waals surface area contributed by atoms with Gasteiger partial charge in [0.1, 0.15) is 5.76 Å². The Morgan fingerprint density at radius 1 is 0.800 bits per heavy atom. The van der Waals surface area contributed by atoms with Crippen molar-refractivity contribution in [3.05, 3.63) is 107 Å². The van der Waals surface area contributed by atoms with Gasteiger partial charge >= 0.3 is 0 Å². The van der Waals surface area contributed by atoms with Crippen LogP contribution in [0.25, 0.3) is 9.34 Å². The van der Waals surface area contributed by atoms with Crippen LogP contribution in [0, 0.1) is 0 Å². The minimum absolute atomic E-state index is 0.0228. The van der Waals surface area contributed by atoms with Gasteiger partial charge in [0.25, 0.3) is 0 Å². The third kappa shape index (κ3) is 3.00. The highest BCUT2D eigenvalue weighted by molar-refractivity contribution is 14.1. The molecule has 3 heteroatoms. The first-order valence-electron chi connectivity index (χ1n) is 8.06. The molecular formula is C22H15IO2. The largest absolute Gasteiger partial charge is 0.476 e. The minimum atomic E-state index is -0.632. The molecule has 0 aromatic heterocycles. The highest BCUT2D eigenvalue weighted by atomic mass is 127. The molecule has 122 valence electrons. The Morgan fingerprint density at radius 2 is 1.40 bits per heavy atom. The smallest absolute Gasteiger partial charge is 0.207 e. The van der Waals surface area contributed by atoms with E-state index in [9.17, 15) is 4.79 Å². The van der Waals surface area contributed by atoms with Gasteiger partial charge in [-0.05, 0) is 28.2 Å². The summed E-state index contributed by atoms with van der Waals surface area (Å²) in [5.41, 5.74) is 3.61. The number of hydrogen-bond acceptors (Lipinski definition) is 2. The molecule has 1 atom stereocenters. The summed E-state index contributed by atoms with van der Waals surface area (Å²) in [6.45, 7) is 0. The van der Waals surface area contributed by atoms with Crippen molar-refractivity contribution in [2.75, 3.05) is 0 Å². The second-order valence-corrected chi connectivity index (χ2v) is 6.90. The lowest BCUT2D eigenvalue weighted by molar-refractivity contribution is 0.0738. The molecule has 0 aliphatic carbocycles. The Kier molecular flexibility index (Phi) is 4.40. The van der Waals surface area contributed by atoms with Crippen molar-refractivity contribution in [1.82, 2.24) is 0 Å². The van der Waals surface area contributed by atoms with Gasteiger partial charge in [-0.3, -0.25) is 4.79 Å². The average molecular weight is 438 g/mol. The Labute approximate surface area is 160 Å². The van der Waals surface area contributed by atoms with Crippen LogP contribution in [0.3, 0.4) is 0 Å². The maximum Gasteiger partial charge on any atom is 0.207 e. The second-order valence-electron chi connectivity index (χ2n) is 5.82. The lowest BCUT2D eigenvalue weighted by atomic mass is 9.92. The summed E-state index contributed by atoms with van der Waals surface area (Å²) in [6.07, 6.45) is -0.632. The normalized spacial score (nSPS) is 16.1. The van der Waals surface area contributed by atoms with E-state index < -0.39 is 6.10 Å². The maximum atomic E-state index is 13.1. The molecule has 0 bridgehead atoms. The molecule has 0 amide bonds. The fraction of sp³-hybridized carbons (Fsp3) is 0.0455. The maximum absolute atomic E-state index is 13.1. The van der Waals surface area contributed by atoms with E-state index in [0.717, 1.165) is 26.0 Å². The molecule has 1 unspecified atom stereocenters. The van der Waals surface area contributed by atoms with E-state index in [1.807, 2.05) is 84.9 Å². The predicted octanol–water partition coefficient (Wildman–Crippen LogP) is 5.90. The first kappa shape index (κ1) is 16.1. The molecule has 0 saturated carbocycles. The Bertz CT molecular complexity index is 946. The summed E-state index contributed by atoms with van der Waals surface area (Å²) in [4.78, 5) is 13.1. The highest BCUT2D eigenvalue weighted by Crippen LogP contribution is 2.44. The van der Waals surface area contributed by atoms with Gasteiger partial charge in [0.15, 0.2) is 6.10 Å². The molecule has 25 heavy (non-hydrogen) atoms. The third-order valence-corrected chi connectivity index (χ3v) is 5.32. The van der Waals surface area contributed by atoms with Crippen molar-refractivity contribution in [2.45, 2.75) is 6.10 Å². The van der Waals surface area contributed by atoms with E-state index in [2.05, 4.69) is 22.6 Å². The van der Waals surface area contributed by atoms with E-state index in [4.69, 9.17) is 4.74 Å². The Hall–Kier alpha value is -2.40. The topological polar surface area (TPSA) is 26.3 Å². The number of carbonyl (C=O) groups is 1. The highest BCUT2D eigenvalue weighted by Gasteiger charge is 2.33. The van der Waals surface area contributed by atoms with Gasteiger partial charge in [0.2, 0.25) is 5.78 Å². The molecule has 1 heterocycles. The molecule has 0 saturated heterocycles. The van der Waals surface area contributed by atoms with Crippen LogP contribution in [0.2, 0.25) is 0 Å². The predicted molar refractivity (Wildman–Crippen MR) is 108 cm³/mol. The Balaban J connectivity index is 1.84. The van der Waals surface area contributed by atoms with Gasteiger partial charge in [-0.1, -0.05) is 84.9 Å². The summed E-state index contributed by atoms with van der Waals surface area (Å²) >= 11 is 2.31. The van der Waals surface area contributed by atoms with Crippen molar-refractivity contribution in [3.63, 3.8) is 0 Å². The van der Waals surface area contributed by atoms with Crippen LogP contribution in [0.4, 0.5) is 0 Å². The van der Waals surface area contributed by atoms with Crippen molar-refractivity contribution < 1.29 is 9.53 Å². The number of carbonyl (C=O) groups excluding carboxylic acids is 1. The number of halogens is 1. The summed E-state index contributed by atoms with van der Waals surface area (Å²) < 4.78 is 7.27. The summed E-state index contributed by atoms with van der Waals surface area (Å²) in [6, 6.07) is 27.2. The summed E-state index contributed by atoms with van der Waals surface area (Å²) in [7, 11) is 0. The minimum Gasteiger partial charge on any atom is -0.476 e. The molecule has 3 aromatic carbocycles. The van der Waals surface area contributed by atoms with Crippen molar-refractivity contribution >= 4 is 37.7 Å². The SMILES string of the molecule is O=C(c1ccccc1)C1OC(c2ccccc2)=C(I)c2ccccc21. The zero-order valence-corrected chi connectivity index (χ0v) is 15.5. The van der Waals surface area contributed by atoms with Gasteiger partial charge in [-0.25, -0.2) is 0 Å². The molecule has 1 aliphatic heterocycles. The van der Waals surface area contributed by atoms with E-state index >= 15 is 0 Å². The van der Waals surface area contributed by atoms with Crippen LogP contribution in [-0.2, 0) is 4.74 Å². The number of benzene rings is 3. The number of Topliss-reactive ketones (excluding diaryl/α,β-unsaturated/α-hetero) is 1. The van der Waals surface area contributed by atoms with Crippen LogP contribution in [0.5, 0.6) is 0 Å². The first-order valence-corrected chi connectivity index (χ1v) is 9.14. The van der Waals surface area contributed by atoms with Gasteiger partial charge < -0.3 is 4.74 Å². The van der Waals surface area contributed by atoms with E-state index in [0.29, 0.717) is 5.56 Å². The Morgan fingerprint density at radius 3 is 2.12 bits per heavy atom. The average Bonchev–Trinajstić information content (AvgIpc) is 2.69. The number of ketones is 1. The molecule has 0 fully saturated rings. The monoisotopic (exact) mass is 438 g/mol. The van der Waals surface area contributed by atoms with Gasteiger partial charge in [0, 0.05) is 16.7 Å². The molecule has 0 radical (unpaired) electrons. The second kappa shape index (κ2) is 6.84. The zero-order chi connectivity index (χ0) is 17.2. The number of hydrogen-bond donors (Lipinski definition) is 0. The molecule has 3 aromatic rings.